The highest BCUT2D eigenvalue weighted by Crippen LogP contribution is 2.35. The van der Waals surface area contributed by atoms with Crippen LogP contribution in [0.4, 0.5) is 0 Å². The number of hydrogen-bond donors (Lipinski definition) is 0. The molecular weight excluding hydrogens is 260 g/mol. The Hall–Kier alpha value is -1.83. The van der Waals surface area contributed by atoms with E-state index in [9.17, 15) is 4.79 Å². The third kappa shape index (κ3) is 4.59. The first-order valence-electron chi connectivity index (χ1n) is 7.33. The van der Waals surface area contributed by atoms with Crippen LogP contribution in [0, 0.1) is 0 Å². The summed E-state index contributed by atoms with van der Waals surface area (Å²) in [6.07, 6.45) is 5.52. The van der Waals surface area contributed by atoms with Gasteiger partial charge in [-0.05, 0) is 46.1 Å². The topological polar surface area (TPSA) is 26.3 Å². The minimum Gasteiger partial charge on any atom is -0.468 e. The van der Waals surface area contributed by atoms with Gasteiger partial charge in [-0.15, -0.1) is 0 Å². The van der Waals surface area contributed by atoms with Gasteiger partial charge in [0.1, 0.15) is 0 Å². The molecule has 0 aliphatic carbocycles. The van der Waals surface area contributed by atoms with Gasteiger partial charge in [0, 0.05) is 0 Å². The van der Waals surface area contributed by atoms with Gasteiger partial charge in [-0.2, -0.15) is 0 Å². The van der Waals surface area contributed by atoms with E-state index in [0.29, 0.717) is 12.8 Å². The van der Waals surface area contributed by atoms with Crippen molar-refractivity contribution in [1.82, 2.24) is 0 Å². The Kier molecular flexibility index (Phi) is 6.41. The molecule has 0 N–H and O–H groups in total. The van der Waals surface area contributed by atoms with Crippen molar-refractivity contribution in [2.45, 2.75) is 46.0 Å². The number of benzene rings is 1. The number of hydrogen-bond acceptors (Lipinski definition) is 2. The predicted octanol–water partition coefficient (Wildman–Crippen LogP) is 4.81. The van der Waals surface area contributed by atoms with Gasteiger partial charge in [-0.25, -0.2) is 0 Å². The number of esters is 1. The van der Waals surface area contributed by atoms with Gasteiger partial charge in [0.25, 0.3) is 0 Å². The quantitative estimate of drug-likeness (QED) is 0.554. The smallest absolute Gasteiger partial charge is 0.316 e. The zero-order chi connectivity index (χ0) is 15.9. The Morgan fingerprint density at radius 3 is 1.86 bits per heavy atom. The average molecular weight is 286 g/mol. The molecule has 0 fully saturated rings. The van der Waals surface area contributed by atoms with Crippen molar-refractivity contribution >= 4 is 5.97 Å². The monoisotopic (exact) mass is 286 g/mol. The molecule has 0 aliphatic rings. The van der Waals surface area contributed by atoms with E-state index < -0.39 is 5.41 Å². The predicted molar refractivity (Wildman–Crippen MR) is 88.2 cm³/mol. The lowest BCUT2D eigenvalue weighted by molar-refractivity contribution is -0.147. The molecular formula is C19H26O2. The second-order valence-electron chi connectivity index (χ2n) is 5.91. The van der Waals surface area contributed by atoms with Gasteiger partial charge in [-0.3, -0.25) is 4.79 Å². The van der Waals surface area contributed by atoms with E-state index in [-0.39, 0.29) is 5.97 Å². The van der Waals surface area contributed by atoms with Crippen molar-refractivity contribution in [3.8, 4) is 0 Å². The van der Waals surface area contributed by atoms with E-state index in [2.05, 4.69) is 12.2 Å². The molecule has 2 heteroatoms. The molecule has 1 rings (SSSR count). The molecule has 0 amide bonds. The molecule has 1 aromatic rings. The van der Waals surface area contributed by atoms with Crippen LogP contribution in [-0.2, 0) is 14.9 Å². The minimum absolute atomic E-state index is 0.177. The Balaban J connectivity index is 3.36. The molecule has 21 heavy (non-hydrogen) atoms. The zero-order valence-corrected chi connectivity index (χ0v) is 13.8. The first kappa shape index (κ1) is 17.2. The fourth-order valence-corrected chi connectivity index (χ4v) is 2.31. The van der Waals surface area contributed by atoms with Crippen molar-refractivity contribution in [2.24, 2.45) is 0 Å². The molecule has 0 heterocycles. The Morgan fingerprint density at radius 1 is 1.00 bits per heavy atom. The van der Waals surface area contributed by atoms with Gasteiger partial charge < -0.3 is 4.74 Å². The fraction of sp³-hybridized carbons (Fsp3) is 0.421. The number of rotatable bonds is 6. The van der Waals surface area contributed by atoms with Crippen LogP contribution in [0.2, 0.25) is 0 Å². The van der Waals surface area contributed by atoms with Gasteiger partial charge in [-0.1, -0.05) is 53.6 Å². The maximum Gasteiger partial charge on any atom is 0.316 e. The second-order valence-corrected chi connectivity index (χ2v) is 5.91. The zero-order valence-electron chi connectivity index (χ0n) is 13.8. The number of carbonyl (C=O) groups excluding carboxylic acids is 1. The molecule has 0 spiro atoms. The first-order valence-corrected chi connectivity index (χ1v) is 7.33. The number of carbonyl (C=O) groups is 1. The van der Waals surface area contributed by atoms with Crippen LogP contribution < -0.4 is 0 Å². The second kappa shape index (κ2) is 7.82. The van der Waals surface area contributed by atoms with Gasteiger partial charge >= 0.3 is 5.97 Å². The van der Waals surface area contributed by atoms with E-state index in [1.54, 1.807) is 0 Å². The summed E-state index contributed by atoms with van der Waals surface area (Å²) in [7, 11) is 1.46. The highest BCUT2D eigenvalue weighted by atomic mass is 16.5. The molecule has 2 nitrogen and oxygen atoms in total. The molecule has 1 aromatic carbocycles. The van der Waals surface area contributed by atoms with E-state index >= 15 is 0 Å². The molecule has 0 aliphatic heterocycles. The maximum atomic E-state index is 12.6. The lowest BCUT2D eigenvalue weighted by Crippen LogP contribution is -2.36. The summed E-state index contributed by atoms with van der Waals surface area (Å²) >= 11 is 0. The fourth-order valence-electron chi connectivity index (χ4n) is 2.31. The van der Waals surface area contributed by atoms with Crippen LogP contribution in [0.5, 0.6) is 0 Å². The van der Waals surface area contributed by atoms with E-state index in [0.717, 1.165) is 5.56 Å². The van der Waals surface area contributed by atoms with Crippen molar-refractivity contribution in [2.75, 3.05) is 7.11 Å². The summed E-state index contributed by atoms with van der Waals surface area (Å²) in [5.74, 6) is -0.177. The van der Waals surface area contributed by atoms with Crippen molar-refractivity contribution in [3.63, 3.8) is 0 Å². The van der Waals surface area contributed by atoms with Crippen LogP contribution in [0.3, 0.4) is 0 Å². The molecule has 0 bridgehead atoms. The third-order valence-corrected chi connectivity index (χ3v) is 3.62. The van der Waals surface area contributed by atoms with Crippen LogP contribution in [0.25, 0.3) is 0 Å². The standard InChI is InChI=1S/C19H26O2/c1-15(2)11-13-19(18(20)21-5,14-12-16(3)4)17-9-7-6-8-10-17/h6-12H,13-14H2,1-5H3. The van der Waals surface area contributed by atoms with Gasteiger partial charge in [0.2, 0.25) is 0 Å². The van der Waals surface area contributed by atoms with E-state index in [1.165, 1.54) is 18.3 Å². The molecule has 0 unspecified atom stereocenters. The van der Waals surface area contributed by atoms with Crippen LogP contribution in [0.1, 0.15) is 46.1 Å². The SMILES string of the molecule is COC(=O)C(CC=C(C)C)(CC=C(C)C)c1ccccc1. The molecule has 0 atom stereocenters. The summed E-state index contributed by atoms with van der Waals surface area (Å²) in [6, 6.07) is 9.92. The van der Waals surface area contributed by atoms with Crippen LogP contribution in [-0.4, -0.2) is 13.1 Å². The largest absolute Gasteiger partial charge is 0.468 e. The normalized spacial score (nSPS) is 10.7. The minimum atomic E-state index is -0.648. The number of allylic oxidation sites excluding steroid dienone is 4. The van der Waals surface area contributed by atoms with Crippen molar-refractivity contribution < 1.29 is 9.53 Å². The first-order chi connectivity index (χ1) is 9.92. The lowest BCUT2D eigenvalue weighted by atomic mass is 9.74. The summed E-state index contributed by atoms with van der Waals surface area (Å²) in [4.78, 5) is 12.6. The van der Waals surface area contributed by atoms with Crippen LogP contribution >= 0.6 is 0 Å². The molecule has 0 saturated heterocycles. The Morgan fingerprint density at radius 2 is 1.48 bits per heavy atom. The third-order valence-electron chi connectivity index (χ3n) is 3.62. The summed E-state index contributed by atoms with van der Waals surface area (Å²) in [6.45, 7) is 8.20. The molecule has 114 valence electrons. The number of methoxy groups -OCH3 is 1. The van der Waals surface area contributed by atoms with Gasteiger partial charge in [0.15, 0.2) is 0 Å². The Labute approximate surface area is 128 Å². The highest BCUT2D eigenvalue weighted by Gasteiger charge is 2.39. The van der Waals surface area contributed by atoms with Gasteiger partial charge in [0.05, 0.1) is 12.5 Å². The summed E-state index contributed by atoms with van der Waals surface area (Å²) < 4.78 is 5.14. The average Bonchev–Trinajstić information content (AvgIpc) is 2.47. The highest BCUT2D eigenvalue weighted by molar-refractivity contribution is 5.83. The summed E-state index contributed by atoms with van der Waals surface area (Å²) in [5.41, 5.74) is 2.77. The van der Waals surface area contributed by atoms with Crippen LogP contribution in [0.15, 0.2) is 53.6 Å². The molecule has 0 saturated carbocycles. The Bertz CT molecular complexity index is 496. The van der Waals surface area contributed by atoms with Crippen molar-refractivity contribution in [1.29, 1.82) is 0 Å². The van der Waals surface area contributed by atoms with E-state index in [1.807, 2.05) is 58.0 Å². The molecule has 0 radical (unpaired) electrons. The van der Waals surface area contributed by atoms with E-state index in [4.69, 9.17) is 4.74 Å². The number of ether oxygens (including phenoxy) is 1. The lowest BCUT2D eigenvalue weighted by Gasteiger charge is -2.30. The molecule has 0 aromatic heterocycles. The van der Waals surface area contributed by atoms with Crippen molar-refractivity contribution in [3.05, 3.63) is 59.2 Å². The summed E-state index contributed by atoms with van der Waals surface area (Å²) in [5, 5.41) is 0. The maximum absolute atomic E-state index is 12.6.